The number of carbonyl (C=O) groups is 2. The Morgan fingerprint density at radius 1 is 1.22 bits per heavy atom. The standard InChI is InChI=1S/C19H26N6O2/c1-3-16(26)25-9-7-14(8-10-25)22-15-11-21-18(20)17(24-15)12(2)19(27)23-13-5-4-6-13/h3,11,13-14H,1-2,4-10H2,(H2,20,21)(H,22,24)(H,23,27). The first-order valence-corrected chi connectivity index (χ1v) is 9.28. The van der Waals surface area contributed by atoms with E-state index in [1.807, 2.05) is 0 Å². The molecule has 27 heavy (non-hydrogen) atoms. The molecular weight excluding hydrogens is 344 g/mol. The molecule has 1 aromatic rings. The van der Waals surface area contributed by atoms with E-state index in [1.165, 1.54) is 6.08 Å². The summed E-state index contributed by atoms with van der Waals surface area (Å²) in [7, 11) is 0. The van der Waals surface area contributed by atoms with Gasteiger partial charge in [0.25, 0.3) is 5.91 Å². The fourth-order valence-electron chi connectivity index (χ4n) is 3.21. The molecule has 0 unspecified atom stereocenters. The molecule has 1 aliphatic heterocycles. The van der Waals surface area contributed by atoms with Gasteiger partial charge in [0.2, 0.25) is 5.91 Å². The van der Waals surface area contributed by atoms with Crippen LogP contribution in [-0.2, 0) is 9.59 Å². The predicted molar refractivity (Wildman–Crippen MR) is 105 cm³/mol. The van der Waals surface area contributed by atoms with Crippen LogP contribution in [0.25, 0.3) is 5.57 Å². The molecule has 3 rings (SSSR count). The number of nitrogens with zero attached hydrogens (tertiary/aromatic N) is 3. The Kier molecular flexibility index (Phi) is 5.73. The first-order chi connectivity index (χ1) is 13.0. The van der Waals surface area contributed by atoms with E-state index >= 15 is 0 Å². The SMILES string of the molecule is C=CC(=O)N1CCC(Nc2cnc(N)c(C(=C)C(=O)NC3CCC3)n2)CC1. The van der Waals surface area contributed by atoms with Crippen molar-refractivity contribution < 1.29 is 9.59 Å². The number of nitrogen functional groups attached to an aromatic ring is 1. The molecule has 2 amide bonds. The van der Waals surface area contributed by atoms with Crippen molar-refractivity contribution in [2.45, 2.75) is 44.2 Å². The second-order valence-corrected chi connectivity index (χ2v) is 7.02. The fraction of sp³-hybridized carbons (Fsp3) is 0.474. The van der Waals surface area contributed by atoms with Crippen LogP contribution in [0, 0.1) is 0 Å². The van der Waals surface area contributed by atoms with E-state index in [-0.39, 0.29) is 35.3 Å². The maximum Gasteiger partial charge on any atom is 0.253 e. The second-order valence-electron chi connectivity index (χ2n) is 7.02. The summed E-state index contributed by atoms with van der Waals surface area (Å²) >= 11 is 0. The van der Waals surface area contributed by atoms with Gasteiger partial charge in [0.05, 0.1) is 11.8 Å². The van der Waals surface area contributed by atoms with Gasteiger partial charge in [-0.1, -0.05) is 13.2 Å². The average molecular weight is 370 g/mol. The number of likely N-dealkylation sites (tertiary alicyclic amines) is 1. The van der Waals surface area contributed by atoms with Crippen molar-refractivity contribution in [2.75, 3.05) is 24.1 Å². The molecule has 0 aromatic carbocycles. The fourth-order valence-corrected chi connectivity index (χ4v) is 3.21. The highest BCUT2D eigenvalue weighted by molar-refractivity contribution is 6.19. The number of rotatable bonds is 6. The molecule has 144 valence electrons. The molecule has 1 saturated heterocycles. The van der Waals surface area contributed by atoms with Gasteiger partial charge >= 0.3 is 0 Å². The Morgan fingerprint density at radius 2 is 1.93 bits per heavy atom. The molecule has 8 heteroatoms. The van der Waals surface area contributed by atoms with Crippen LogP contribution in [-0.4, -0.2) is 51.9 Å². The minimum absolute atomic E-state index is 0.0446. The highest BCUT2D eigenvalue weighted by Crippen LogP contribution is 2.23. The maximum absolute atomic E-state index is 12.3. The van der Waals surface area contributed by atoms with E-state index in [4.69, 9.17) is 5.73 Å². The molecule has 0 radical (unpaired) electrons. The van der Waals surface area contributed by atoms with E-state index in [1.54, 1.807) is 11.1 Å². The third-order valence-electron chi connectivity index (χ3n) is 5.13. The van der Waals surface area contributed by atoms with Crippen molar-refractivity contribution >= 4 is 29.0 Å². The summed E-state index contributed by atoms with van der Waals surface area (Å²) in [6.07, 6.45) is 7.61. The highest BCUT2D eigenvalue weighted by Gasteiger charge is 2.24. The Bertz CT molecular complexity index is 751. The summed E-state index contributed by atoms with van der Waals surface area (Å²) < 4.78 is 0. The molecule has 0 spiro atoms. The van der Waals surface area contributed by atoms with Crippen LogP contribution in [0.3, 0.4) is 0 Å². The summed E-state index contributed by atoms with van der Waals surface area (Å²) in [5, 5.41) is 6.25. The van der Waals surface area contributed by atoms with Crippen molar-refractivity contribution in [3.63, 3.8) is 0 Å². The first kappa shape index (κ1) is 18.9. The Balaban J connectivity index is 1.61. The van der Waals surface area contributed by atoms with Gasteiger partial charge in [-0.25, -0.2) is 9.97 Å². The molecule has 8 nitrogen and oxygen atoms in total. The normalized spacial score (nSPS) is 17.7. The van der Waals surface area contributed by atoms with Crippen LogP contribution in [0.2, 0.25) is 0 Å². The zero-order valence-corrected chi connectivity index (χ0v) is 15.4. The van der Waals surface area contributed by atoms with Crippen molar-refractivity contribution in [2.24, 2.45) is 0 Å². The number of carbonyl (C=O) groups excluding carboxylic acids is 2. The van der Waals surface area contributed by atoms with Crippen LogP contribution < -0.4 is 16.4 Å². The lowest BCUT2D eigenvalue weighted by molar-refractivity contribution is -0.126. The largest absolute Gasteiger partial charge is 0.382 e. The number of hydrogen-bond donors (Lipinski definition) is 3. The molecular formula is C19H26N6O2. The lowest BCUT2D eigenvalue weighted by atomic mass is 9.93. The number of anilines is 2. The zero-order chi connectivity index (χ0) is 19.4. The number of amides is 2. The number of hydrogen-bond acceptors (Lipinski definition) is 6. The van der Waals surface area contributed by atoms with Gasteiger partial charge in [-0.15, -0.1) is 0 Å². The molecule has 2 fully saturated rings. The van der Waals surface area contributed by atoms with Crippen LogP contribution in [0.15, 0.2) is 25.4 Å². The highest BCUT2D eigenvalue weighted by atomic mass is 16.2. The number of nitrogens with one attached hydrogen (secondary N) is 2. The first-order valence-electron chi connectivity index (χ1n) is 9.28. The summed E-state index contributed by atoms with van der Waals surface area (Å²) in [6.45, 7) is 8.69. The lowest BCUT2D eigenvalue weighted by Gasteiger charge is -2.32. The minimum Gasteiger partial charge on any atom is -0.382 e. The molecule has 1 aliphatic carbocycles. The molecule has 1 aromatic heterocycles. The second kappa shape index (κ2) is 8.20. The molecule has 4 N–H and O–H groups in total. The minimum atomic E-state index is -0.255. The van der Waals surface area contributed by atoms with Crippen LogP contribution >= 0.6 is 0 Å². The lowest BCUT2D eigenvalue weighted by Crippen LogP contribution is -2.41. The van der Waals surface area contributed by atoms with Gasteiger partial charge in [-0.2, -0.15) is 0 Å². The number of piperidine rings is 1. The molecule has 1 saturated carbocycles. The average Bonchev–Trinajstić information content (AvgIpc) is 2.65. The van der Waals surface area contributed by atoms with Crippen molar-refractivity contribution in [3.8, 4) is 0 Å². The third-order valence-corrected chi connectivity index (χ3v) is 5.13. The topological polar surface area (TPSA) is 113 Å². The quantitative estimate of drug-likeness (QED) is 0.651. The van der Waals surface area contributed by atoms with Crippen molar-refractivity contribution in [1.29, 1.82) is 0 Å². The van der Waals surface area contributed by atoms with E-state index in [0.29, 0.717) is 24.6 Å². The molecule has 2 heterocycles. The van der Waals surface area contributed by atoms with Gasteiger partial charge in [-0.05, 0) is 38.2 Å². The zero-order valence-electron chi connectivity index (χ0n) is 15.4. The number of aromatic nitrogens is 2. The van der Waals surface area contributed by atoms with Crippen LogP contribution in [0.1, 0.15) is 37.8 Å². The van der Waals surface area contributed by atoms with E-state index in [9.17, 15) is 9.59 Å². The van der Waals surface area contributed by atoms with E-state index in [0.717, 1.165) is 32.1 Å². The smallest absolute Gasteiger partial charge is 0.253 e. The number of nitrogens with two attached hydrogens (primary N) is 1. The van der Waals surface area contributed by atoms with Crippen molar-refractivity contribution in [3.05, 3.63) is 31.1 Å². The molecule has 0 bridgehead atoms. The van der Waals surface area contributed by atoms with Gasteiger partial charge in [0.1, 0.15) is 17.3 Å². The molecule has 0 atom stereocenters. The Hall–Kier alpha value is -2.90. The third kappa shape index (κ3) is 4.45. The van der Waals surface area contributed by atoms with Gasteiger partial charge in [-0.3, -0.25) is 9.59 Å². The van der Waals surface area contributed by atoms with Crippen LogP contribution in [0.4, 0.5) is 11.6 Å². The summed E-state index contributed by atoms with van der Waals surface area (Å²) in [4.78, 5) is 34.4. The van der Waals surface area contributed by atoms with E-state index < -0.39 is 0 Å². The molecule has 2 aliphatic rings. The van der Waals surface area contributed by atoms with Gasteiger partial charge in [0, 0.05) is 25.2 Å². The predicted octanol–water partition coefficient (Wildman–Crippen LogP) is 1.33. The van der Waals surface area contributed by atoms with Gasteiger partial charge < -0.3 is 21.3 Å². The van der Waals surface area contributed by atoms with Crippen molar-refractivity contribution in [1.82, 2.24) is 20.2 Å². The van der Waals surface area contributed by atoms with Crippen LogP contribution in [0.5, 0.6) is 0 Å². The summed E-state index contributed by atoms with van der Waals surface area (Å²) in [6, 6.07) is 0.384. The maximum atomic E-state index is 12.3. The Labute approximate surface area is 158 Å². The summed E-state index contributed by atoms with van der Waals surface area (Å²) in [5.74, 6) is 0.428. The monoisotopic (exact) mass is 370 g/mol. The van der Waals surface area contributed by atoms with Gasteiger partial charge in [0.15, 0.2) is 0 Å². The summed E-state index contributed by atoms with van der Waals surface area (Å²) in [5.41, 5.74) is 6.44. The van der Waals surface area contributed by atoms with E-state index in [2.05, 4.69) is 33.8 Å². The Morgan fingerprint density at radius 3 is 2.52 bits per heavy atom.